The molecule has 1 aromatic heterocycles. The van der Waals surface area contributed by atoms with Crippen LogP contribution in [0.5, 0.6) is 5.75 Å². The number of carbonyl (C=O) groups excluding carboxylic acids is 1. The molecule has 0 aliphatic rings. The van der Waals surface area contributed by atoms with Gasteiger partial charge in [-0.3, -0.25) is 4.98 Å². The molecule has 0 atom stereocenters. The summed E-state index contributed by atoms with van der Waals surface area (Å²) in [6, 6.07) is 5.08. The Morgan fingerprint density at radius 2 is 2.37 bits per heavy atom. The number of hydrogen-bond donors (Lipinski definition) is 1. The average molecular weight is 278 g/mol. The molecule has 2 rings (SSSR count). The van der Waals surface area contributed by atoms with E-state index in [1.807, 2.05) is 0 Å². The smallest absolute Gasteiger partial charge is 0.330 e. The molecule has 4 nitrogen and oxygen atoms in total. The first-order valence-electron chi connectivity index (χ1n) is 5.74. The number of hydrogen-bond acceptors (Lipinski definition) is 4. The zero-order valence-electron chi connectivity index (χ0n) is 10.3. The van der Waals surface area contributed by atoms with Crippen molar-refractivity contribution in [3.05, 3.63) is 41.1 Å². The van der Waals surface area contributed by atoms with E-state index in [0.29, 0.717) is 28.1 Å². The molecular formula is C14H12ClNO3. The van der Waals surface area contributed by atoms with Crippen molar-refractivity contribution in [3.8, 4) is 5.75 Å². The molecule has 19 heavy (non-hydrogen) atoms. The molecule has 5 heteroatoms. The van der Waals surface area contributed by atoms with Gasteiger partial charge in [-0.2, -0.15) is 0 Å². The minimum atomic E-state index is -0.473. The van der Waals surface area contributed by atoms with Gasteiger partial charge in [0.1, 0.15) is 11.3 Å². The highest BCUT2D eigenvalue weighted by Gasteiger charge is 2.09. The second kappa shape index (κ2) is 5.71. The van der Waals surface area contributed by atoms with E-state index in [1.54, 1.807) is 31.3 Å². The van der Waals surface area contributed by atoms with E-state index >= 15 is 0 Å². The van der Waals surface area contributed by atoms with Gasteiger partial charge < -0.3 is 9.84 Å². The highest BCUT2D eigenvalue weighted by molar-refractivity contribution is 6.35. The van der Waals surface area contributed by atoms with E-state index < -0.39 is 5.97 Å². The van der Waals surface area contributed by atoms with Crippen LogP contribution in [0.4, 0.5) is 0 Å². The molecule has 1 N–H and O–H groups in total. The van der Waals surface area contributed by atoms with Crippen molar-refractivity contribution in [3.63, 3.8) is 0 Å². The summed E-state index contributed by atoms with van der Waals surface area (Å²) in [7, 11) is 0. The maximum Gasteiger partial charge on any atom is 0.330 e. The van der Waals surface area contributed by atoms with E-state index in [9.17, 15) is 9.90 Å². The summed E-state index contributed by atoms with van der Waals surface area (Å²) in [5.41, 5.74) is 0.822. The largest absolute Gasteiger partial charge is 0.505 e. The van der Waals surface area contributed by atoms with Crippen LogP contribution in [0.25, 0.3) is 17.0 Å². The summed E-state index contributed by atoms with van der Waals surface area (Å²) in [5, 5.41) is 11.2. The van der Waals surface area contributed by atoms with Crippen molar-refractivity contribution in [2.45, 2.75) is 6.92 Å². The predicted molar refractivity (Wildman–Crippen MR) is 74.1 cm³/mol. The second-order valence-corrected chi connectivity index (χ2v) is 4.19. The van der Waals surface area contributed by atoms with Crippen LogP contribution in [0.3, 0.4) is 0 Å². The normalized spacial score (nSPS) is 11.1. The number of pyridine rings is 1. The van der Waals surface area contributed by atoms with Crippen LogP contribution in [0.1, 0.15) is 12.5 Å². The number of phenolic OH excluding ortho intramolecular Hbond substituents is 1. The lowest BCUT2D eigenvalue weighted by Crippen LogP contribution is -1.98. The van der Waals surface area contributed by atoms with Gasteiger partial charge in [0, 0.05) is 23.2 Å². The van der Waals surface area contributed by atoms with Gasteiger partial charge in [0.25, 0.3) is 0 Å². The van der Waals surface area contributed by atoms with E-state index in [1.165, 1.54) is 12.2 Å². The van der Waals surface area contributed by atoms with Gasteiger partial charge in [-0.15, -0.1) is 0 Å². The molecule has 0 spiro atoms. The number of aromatic hydroxyl groups is 1. The van der Waals surface area contributed by atoms with Gasteiger partial charge in [0.15, 0.2) is 0 Å². The van der Waals surface area contributed by atoms with Crippen LogP contribution < -0.4 is 0 Å². The molecule has 1 heterocycles. The summed E-state index contributed by atoms with van der Waals surface area (Å²) in [6.45, 7) is 2.02. The number of ether oxygens (including phenoxy) is 1. The number of fused-ring (bicyclic) bond motifs is 1. The zero-order chi connectivity index (χ0) is 13.8. The minimum absolute atomic E-state index is 0.0134. The minimum Gasteiger partial charge on any atom is -0.505 e. The Bertz CT molecular complexity index is 652. The molecular weight excluding hydrogens is 266 g/mol. The van der Waals surface area contributed by atoms with Crippen LogP contribution in [0.2, 0.25) is 5.02 Å². The lowest BCUT2D eigenvalue weighted by molar-refractivity contribution is -0.137. The van der Waals surface area contributed by atoms with Crippen molar-refractivity contribution in [2.75, 3.05) is 6.61 Å². The van der Waals surface area contributed by atoms with Gasteiger partial charge in [-0.05, 0) is 31.2 Å². The quantitative estimate of drug-likeness (QED) is 0.691. The predicted octanol–water partition coefficient (Wildman–Crippen LogP) is 3.17. The number of phenols is 1. The van der Waals surface area contributed by atoms with E-state index in [4.69, 9.17) is 16.3 Å². The highest BCUT2D eigenvalue weighted by Crippen LogP contribution is 2.33. The van der Waals surface area contributed by atoms with Crippen LogP contribution in [0, 0.1) is 0 Å². The first kappa shape index (κ1) is 13.4. The van der Waals surface area contributed by atoms with Crippen molar-refractivity contribution >= 4 is 34.5 Å². The Balaban J connectivity index is 2.45. The molecule has 0 aliphatic carbocycles. The van der Waals surface area contributed by atoms with Gasteiger partial charge >= 0.3 is 5.97 Å². The summed E-state index contributed by atoms with van der Waals surface area (Å²) in [4.78, 5) is 15.3. The number of nitrogens with zero attached hydrogens (tertiary/aromatic N) is 1. The molecule has 0 fully saturated rings. The Morgan fingerprint density at radius 1 is 1.58 bits per heavy atom. The summed E-state index contributed by atoms with van der Waals surface area (Å²) < 4.78 is 4.77. The molecule has 0 bridgehead atoms. The van der Waals surface area contributed by atoms with Crippen LogP contribution in [-0.2, 0) is 9.53 Å². The Kier molecular flexibility index (Phi) is 4.02. The van der Waals surface area contributed by atoms with Gasteiger partial charge in [-0.1, -0.05) is 11.6 Å². The summed E-state index contributed by atoms with van der Waals surface area (Å²) in [5.74, 6) is -0.486. The lowest BCUT2D eigenvalue weighted by atomic mass is 10.1. The van der Waals surface area contributed by atoms with Crippen molar-refractivity contribution in [1.82, 2.24) is 4.98 Å². The Hall–Kier alpha value is -2.07. The molecule has 0 aliphatic heterocycles. The first-order valence-corrected chi connectivity index (χ1v) is 6.12. The number of halogens is 1. The van der Waals surface area contributed by atoms with E-state index in [2.05, 4.69) is 4.98 Å². The van der Waals surface area contributed by atoms with Gasteiger partial charge in [0.2, 0.25) is 0 Å². The Morgan fingerprint density at radius 3 is 3.11 bits per heavy atom. The maximum absolute atomic E-state index is 11.2. The summed E-state index contributed by atoms with van der Waals surface area (Å²) in [6.07, 6.45) is 4.26. The van der Waals surface area contributed by atoms with Crippen LogP contribution in [-0.4, -0.2) is 22.7 Å². The highest BCUT2D eigenvalue weighted by atomic mass is 35.5. The molecule has 98 valence electrons. The average Bonchev–Trinajstić information content (AvgIpc) is 2.42. The number of esters is 1. The fourth-order valence-electron chi connectivity index (χ4n) is 1.68. The SMILES string of the molecule is CCOC(=O)C=Cc1cc(Cl)c2cccnc2c1O. The van der Waals surface area contributed by atoms with Crippen molar-refractivity contribution in [1.29, 1.82) is 0 Å². The second-order valence-electron chi connectivity index (χ2n) is 3.78. The number of aromatic nitrogens is 1. The van der Waals surface area contributed by atoms with Gasteiger partial charge in [-0.25, -0.2) is 4.79 Å². The maximum atomic E-state index is 11.2. The lowest BCUT2D eigenvalue weighted by Gasteiger charge is -2.05. The van der Waals surface area contributed by atoms with E-state index in [0.717, 1.165) is 0 Å². The van der Waals surface area contributed by atoms with Crippen LogP contribution >= 0.6 is 11.6 Å². The molecule has 0 radical (unpaired) electrons. The molecule has 1 aromatic carbocycles. The zero-order valence-corrected chi connectivity index (χ0v) is 11.0. The molecule has 0 amide bonds. The number of rotatable bonds is 3. The molecule has 0 saturated heterocycles. The monoisotopic (exact) mass is 277 g/mol. The topological polar surface area (TPSA) is 59.4 Å². The third-order valence-electron chi connectivity index (χ3n) is 2.53. The standard InChI is InChI=1S/C14H12ClNO3/c1-2-19-12(17)6-5-9-8-11(15)10-4-3-7-16-13(10)14(9)18/h3-8,18H,2H2,1H3. The Labute approximate surface area is 115 Å². The molecule has 0 saturated carbocycles. The number of carbonyl (C=O) groups is 1. The molecule has 0 unspecified atom stereocenters. The third-order valence-corrected chi connectivity index (χ3v) is 2.84. The fraction of sp³-hybridized carbons (Fsp3) is 0.143. The summed E-state index contributed by atoms with van der Waals surface area (Å²) >= 11 is 6.11. The fourth-order valence-corrected chi connectivity index (χ4v) is 1.95. The van der Waals surface area contributed by atoms with Crippen molar-refractivity contribution < 1.29 is 14.6 Å². The van der Waals surface area contributed by atoms with Crippen molar-refractivity contribution in [2.24, 2.45) is 0 Å². The molecule has 2 aromatic rings. The third kappa shape index (κ3) is 2.85. The van der Waals surface area contributed by atoms with Crippen LogP contribution in [0.15, 0.2) is 30.5 Å². The van der Waals surface area contributed by atoms with Gasteiger partial charge in [0.05, 0.1) is 11.6 Å². The first-order chi connectivity index (χ1) is 9.13. The van der Waals surface area contributed by atoms with E-state index in [-0.39, 0.29) is 5.75 Å². The number of benzene rings is 1.